The highest BCUT2D eigenvalue weighted by Crippen LogP contribution is 2.21. The van der Waals surface area contributed by atoms with Crippen LogP contribution in [-0.4, -0.2) is 29.8 Å². The molecule has 142 valence electrons. The molecule has 0 saturated heterocycles. The number of carbonyl (C=O) groups excluding carboxylic acids is 1. The zero-order valence-corrected chi connectivity index (χ0v) is 16.2. The summed E-state index contributed by atoms with van der Waals surface area (Å²) >= 11 is 1.52. The van der Waals surface area contributed by atoms with E-state index >= 15 is 0 Å². The number of aromatic nitrogens is 2. The second-order valence-electron chi connectivity index (χ2n) is 6.64. The van der Waals surface area contributed by atoms with Gasteiger partial charge in [-0.2, -0.15) is 0 Å². The van der Waals surface area contributed by atoms with Crippen molar-refractivity contribution in [3.05, 3.63) is 53.3 Å². The van der Waals surface area contributed by atoms with E-state index in [1.165, 1.54) is 23.5 Å². The molecule has 0 bridgehead atoms. The second-order valence-corrected chi connectivity index (χ2v) is 9.23. The Labute approximate surface area is 161 Å². The Balaban J connectivity index is 1.44. The molecule has 0 spiro atoms. The van der Waals surface area contributed by atoms with Gasteiger partial charge in [0.25, 0.3) is 5.91 Å². The van der Waals surface area contributed by atoms with Gasteiger partial charge in [0.2, 0.25) is 10.0 Å². The summed E-state index contributed by atoms with van der Waals surface area (Å²) < 4.78 is 29.7. The van der Waals surface area contributed by atoms with Crippen molar-refractivity contribution >= 4 is 32.2 Å². The molecule has 0 aliphatic heterocycles. The van der Waals surface area contributed by atoms with E-state index in [4.69, 9.17) is 0 Å². The maximum Gasteiger partial charge on any atom is 0.251 e. The molecule has 2 aromatic heterocycles. The van der Waals surface area contributed by atoms with Crippen molar-refractivity contribution in [1.29, 1.82) is 0 Å². The molecule has 1 aliphatic rings. The van der Waals surface area contributed by atoms with Crippen molar-refractivity contribution < 1.29 is 13.2 Å². The van der Waals surface area contributed by atoms with E-state index in [9.17, 15) is 13.2 Å². The predicted octanol–water partition coefficient (Wildman–Crippen LogP) is 2.55. The number of fused-ring (bicyclic) bond motifs is 1. The number of thiazole rings is 1. The number of nitrogens with one attached hydrogen (secondary N) is 2. The number of carbonyl (C=O) groups is 1. The molecule has 7 nitrogen and oxygen atoms in total. The maximum atomic E-state index is 12.6. The van der Waals surface area contributed by atoms with Crippen LogP contribution in [0.1, 0.15) is 41.7 Å². The minimum absolute atomic E-state index is 0.0118. The van der Waals surface area contributed by atoms with Crippen molar-refractivity contribution in [2.45, 2.75) is 43.2 Å². The van der Waals surface area contributed by atoms with Gasteiger partial charge in [-0.3, -0.25) is 9.20 Å². The lowest BCUT2D eigenvalue weighted by Crippen LogP contribution is -2.32. The lowest BCUT2D eigenvalue weighted by molar-refractivity contribution is 0.0950. The number of rotatable bonds is 6. The summed E-state index contributed by atoms with van der Waals surface area (Å²) in [5.74, 6) is -0.329. The van der Waals surface area contributed by atoms with E-state index < -0.39 is 10.0 Å². The van der Waals surface area contributed by atoms with Crippen LogP contribution in [0.15, 0.2) is 46.9 Å². The molecule has 0 radical (unpaired) electrons. The Hall–Kier alpha value is -2.23. The molecule has 3 aromatic rings. The van der Waals surface area contributed by atoms with Crippen LogP contribution in [0, 0.1) is 0 Å². The molecular formula is C18H20N4O3S2. The predicted molar refractivity (Wildman–Crippen MR) is 103 cm³/mol. The highest BCUT2D eigenvalue weighted by Gasteiger charge is 2.23. The normalized spacial score (nSPS) is 15.4. The van der Waals surface area contributed by atoms with Crippen LogP contribution in [0.25, 0.3) is 4.96 Å². The maximum absolute atomic E-state index is 12.6. The van der Waals surface area contributed by atoms with E-state index in [0.29, 0.717) is 5.56 Å². The van der Waals surface area contributed by atoms with Gasteiger partial charge in [0.1, 0.15) is 0 Å². The third-order valence-corrected chi connectivity index (χ3v) is 6.95. The first kappa shape index (κ1) is 18.1. The Morgan fingerprint density at radius 2 is 2.11 bits per heavy atom. The molecule has 1 fully saturated rings. The smallest absolute Gasteiger partial charge is 0.251 e. The van der Waals surface area contributed by atoms with Crippen LogP contribution in [0.3, 0.4) is 0 Å². The molecule has 1 aliphatic carbocycles. The summed E-state index contributed by atoms with van der Waals surface area (Å²) in [7, 11) is -3.62. The van der Waals surface area contributed by atoms with E-state index in [1.807, 2.05) is 22.2 Å². The van der Waals surface area contributed by atoms with Gasteiger partial charge < -0.3 is 5.32 Å². The fourth-order valence-electron chi connectivity index (χ4n) is 3.27. The first-order chi connectivity index (χ1) is 13.0. The fraction of sp³-hybridized carbons (Fsp3) is 0.333. The molecule has 1 saturated carbocycles. The van der Waals surface area contributed by atoms with Gasteiger partial charge in [0.05, 0.1) is 17.1 Å². The van der Waals surface area contributed by atoms with Gasteiger partial charge >= 0.3 is 0 Å². The van der Waals surface area contributed by atoms with Crippen LogP contribution in [0.2, 0.25) is 0 Å². The lowest BCUT2D eigenvalue weighted by atomic mass is 10.2. The summed E-state index contributed by atoms with van der Waals surface area (Å²) in [5.41, 5.74) is 1.06. The number of imidazole rings is 1. The largest absolute Gasteiger partial charge is 0.346 e. The zero-order chi connectivity index (χ0) is 18.9. The number of sulfonamides is 1. The second kappa shape index (κ2) is 7.41. The Bertz CT molecular complexity index is 1040. The molecule has 1 amide bonds. The lowest BCUT2D eigenvalue weighted by Gasteiger charge is -2.13. The standard InChI is InChI=1S/C18H20N4O3S2/c23-17(19-11-15-12-22-8-9-26-18(22)20-15)13-4-3-7-16(10-13)27(24,25)21-14-5-1-2-6-14/h3-4,7-10,12,14,21H,1-2,5-6,11H2,(H,19,23). The topological polar surface area (TPSA) is 92.6 Å². The minimum atomic E-state index is -3.62. The first-order valence-electron chi connectivity index (χ1n) is 8.83. The molecule has 1 aromatic carbocycles. The molecular weight excluding hydrogens is 384 g/mol. The van der Waals surface area contributed by atoms with Crippen LogP contribution >= 0.6 is 11.3 Å². The number of hydrogen-bond donors (Lipinski definition) is 2. The molecule has 0 atom stereocenters. The van der Waals surface area contributed by atoms with Gasteiger partial charge in [-0.1, -0.05) is 18.9 Å². The number of nitrogens with zero attached hydrogens (tertiary/aromatic N) is 2. The Morgan fingerprint density at radius 3 is 2.89 bits per heavy atom. The van der Waals surface area contributed by atoms with Gasteiger partial charge in [-0.05, 0) is 31.0 Å². The molecule has 0 unspecified atom stereocenters. The third kappa shape index (κ3) is 4.05. The summed E-state index contributed by atoms with van der Waals surface area (Å²) in [5, 5.41) is 4.73. The average Bonchev–Trinajstić information content (AvgIpc) is 3.37. The zero-order valence-electron chi connectivity index (χ0n) is 14.6. The SMILES string of the molecule is O=C(NCc1cn2ccsc2n1)c1cccc(S(=O)(=O)NC2CCCC2)c1. The summed E-state index contributed by atoms with van der Waals surface area (Å²) in [6, 6.07) is 6.11. The van der Waals surface area contributed by atoms with E-state index in [2.05, 4.69) is 15.0 Å². The molecule has 2 heterocycles. The number of benzene rings is 1. The van der Waals surface area contributed by atoms with Crippen molar-refractivity contribution in [2.24, 2.45) is 0 Å². The number of hydrogen-bond acceptors (Lipinski definition) is 5. The van der Waals surface area contributed by atoms with E-state index in [-0.39, 0.29) is 23.4 Å². The highest BCUT2D eigenvalue weighted by molar-refractivity contribution is 7.89. The van der Waals surface area contributed by atoms with Gasteiger partial charge in [0.15, 0.2) is 4.96 Å². The summed E-state index contributed by atoms with van der Waals surface area (Å²) in [4.78, 5) is 17.8. The highest BCUT2D eigenvalue weighted by atomic mass is 32.2. The number of amides is 1. The quantitative estimate of drug-likeness (QED) is 0.660. The van der Waals surface area contributed by atoms with Crippen LogP contribution in [0.4, 0.5) is 0 Å². The van der Waals surface area contributed by atoms with Crippen LogP contribution in [-0.2, 0) is 16.6 Å². The Morgan fingerprint density at radius 1 is 1.30 bits per heavy atom. The summed E-state index contributed by atoms with van der Waals surface area (Å²) in [6.45, 7) is 0.282. The molecule has 27 heavy (non-hydrogen) atoms. The Kier molecular flexibility index (Phi) is 4.98. The van der Waals surface area contributed by atoms with Gasteiger partial charge in [-0.25, -0.2) is 18.1 Å². The van der Waals surface area contributed by atoms with Crippen LogP contribution < -0.4 is 10.0 Å². The van der Waals surface area contributed by atoms with Crippen molar-refractivity contribution in [3.8, 4) is 0 Å². The van der Waals surface area contributed by atoms with Gasteiger partial charge in [0, 0.05) is 29.4 Å². The average molecular weight is 405 g/mol. The fourth-order valence-corrected chi connectivity index (χ4v) is 5.34. The molecule has 9 heteroatoms. The monoisotopic (exact) mass is 404 g/mol. The van der Waals surface area contributed by atoms with Gasteiger partial charge in [-0.15, -0.1) is 11.3 Å². The van der Waals surface area contributed by atoms with Crippen molar-refractivity contribution in [1.82, 2.24) is 19.4 Å². The van der Waals surface area contributed by atoms with E-state index in [0.717, 1.165) is 36.3 Å². The summed E-state index contributed by atoms with van der Waals surface area (Å²) in [6.07, 6.45) is 7.58. The van der Waals surface area contributed by atoms with E-state index in [1.54, 1.807) is 12.1 Å². The van der Waals surface area contributed by atoms with Crippen LogP contribution in [0.5, 0.6) is 0 Å². The van der Waals surface area contributed by atoms with Crippen molar-refractivity contribution in [2.75, 3.05) is 0 Å². The molecule has 2 N–H and O–H groups in total. The van der Waals surface area contributed by atoms with Crippen molar-refractivity contribution in [3.63, 3.8) is 0 Å². The third-order valence-electron chi connectivity index (χ3n) is 4.66. The minimum Gasteiger partial charge on any atom is -0.346 e. The molecule has 4 rings (SSSR count). The first-order valence-corrected chi connectivity index (χ1v) is 11.2.